The number of nitrogens with one attached hydrogen (secondary N) is 1. The van der Waals surface area contributed by atoms with E-state index in [9.17, 15) is 10.1 Å². The van der Waals surface area contributed by atoms with Crippen molar-refractivity contribution in [3.63, 3.8) is 0 Å². The van der Waals surface area contributed by atoms with E-state index < -0.39 is 11.5 Å². The van der Waals surface area contributed by atoms with Crippen LogP contribution in [0.2, 0.25) is 0 Å². The Morgan fingerprint density at radius 1 is 1.13 bits per heavy atom. The van der Waals surface area contributed by atoms with E-state index in [2.05, 4.69) is 11.4 Å². The fourth-order valence-electron chi connectivity index (χ4n) is 2.34. The molecule has 118 valence electrons. The maximum atomic E-state index is 12.4. The van der Waals surface area contributed by atoms with Crippen molar-refractivity contribution in [1.82, 2.24) is 0 Å². The van der Waals surface area contributed by atoms with Gasteiger partial charge < -0.3 is 10.1 Å². The molecule has 0 saturated carbocycles. The fourth-order valence-corrected chi connectivity index (χ4v) is 2.34. The van der Waals surface area contributed by atoms with Crippen LogP contribution in [0.4, 0.5) is 5.69 Å². The number of benzene rings is 2. The molecule has 0 bridgehead atoms. The molecule has 0 saturated heterocycles. The first-order chi connectivity index (χ1) is 11.2. The fraction of sp³-hybridized carbons (Fsp3) is 0.263. The van der Waals surface area contributed by atoms with E-state index in [0.717, 1.165) is 11.3 Å². The maximum Gasteiger partial charge on any atom is 0.346 e. The zero-order valence-electron chi connectivity index (χ0n) is 13.2. The quantitative estimate of drug-likeness (QED) is 0.794. The first-order valence-electron chi connectivity index (χ1n) is 7.66. The number of nitriles is 1. The Balaban J connectivity index is 2.22. The Bertz CT molecular complexity index is 665. The first-order valence-corrected chi connectivity index (χ1v) is 7.66. The molecule has 2 aromatic rings. The first kappa shape index (κ1) is 16.6. The molecule has 0 amide bonds. The van der Waals surface area contributed by atoms with Gasteiger partial charge in [-0.3, -0.25) is 0 Å². The lowest BCUT2D eigenvalue weighted by molar-refractivity contribution is -0.146. The van der Waals surface area contributed by atoms with E-state index in [1.165, 1.54) is 0 Å². The number of aryl methyl sites for hydroxylation is 1. The molecule has 1 unspecified atom stereocenters. The van der Waals surface area contributed by atoms with Gasteiger partial charge in [0.15, 0.2) is 0 Å². The summed E-state index contributed by atoms with van der Waals surface area (Å²) in [5.41, 5.74) is 0.397. The van der Waals surface area contributed by atoms with Gasteiger partial charge in [0.2, 0.25) is 5.54 Å². The molecular weight excluding hydrogens is 288 g/mol. The summed E-state index contributed by atoms with van der Waals surface area (Å²) in [4.78, 5) is 12.4. The van der Waals surface area contributed by atoms with E-state index in [4.69, 9.17) is 4.74 Å². The molecule has 4 heteroatoms. The molecule has 0 aliphatic rings. The Morgan fingerprint density at radius 3 is 2.30 bits per heavy atom. The molecule has 0 spiro atoms. The third-order valence-electron chi connectivity index (χ3n) is 3.58. The van der Waals surface area contributed by atoms with Crippen LogP contribution in [0.3, 0.4) is 0 Å². The smallest absolute Gasteiger partial charge is 0.346 e. The summed E-state index contributed by atoms with van der Waals surface area (Å²) in [6, 6.07) is 21.2. The Labute approximate surface area is 136 Å². The number of esters is 1. The predicted molar refractivity (Wildman–Crippen MR) is 89.8 cm³/mol. The number of carbonyl (C=O) groups is 1. The van der Waals surface area contributed by atoms with Crippen molar-refractivity contribution in [2.24, 2.45) is 0 Å². The molecular formula is C19H20N2O2. The van der Waals surface area contributed by atoms with Gasteiger partial charge in [-0.05, 0) is 37.5 Å². The summed E-state index contributed by atoms with van der Waals surface area (Å²) in [7, 11) is 0. The van der Waals surface area contributed by atoms with Crippen LogP contribution in [0.5, 0.6) is 0 Å². The Morgan fingerprint density at radius 2 is 1.74 bits per heavy atom. The summed E-state index contributed by atoms with van der Waals surface area (Å²) in [6.07, 6.45) is 0.939. The van der Waals surface area contributed by atoms with Crippen molar-refractivity contribution in [3.8, 4) is 6.07 Å². The molecule has 0 aliphatic heterocycles. The van der Waals surface area contributed by atoms with Gasteiger partial charge in [-0.15, -0.1) is 0 Å². The Kier molecular flexibility index (Phi) is 5.76. The van der Waals surface area contributed by atoms with E-state index in [1.807, 2.05) is 60.7 Å². The van der Waals surface area contributed by atoms with Crippen molar-refractivity contribution in [1.29, 1.82) is 5.26 Å². The second-order valence-corrected chi connectivity index (χ2v) is 5.21. The van der Waals surface area contributed by atoms with Crippen LogP contribution in [0, 0.1) is 11.3 Å². The summed E-state index contributed by atoms with van der Waals surface area (Å²) >= 11 is 0. The number of carbonyl (C=O) groups excluding carboxylic acids is 1. The molecule has 1 N–H and O–H groups in total. The van der Waals surface area contributed by atoms with Crippen LogP contribution in [0.1, 0.15) is 18.9 Å². The van der Waals surface area contributed by atoms with Gasteiger partial charge in [-0.25, -0.2) is 4.79 Å². The van der Waals surface area contributed by atoms with Gasteiger partial charge in [0.05, 0.1) is 6.61 Å². The van der Waals surface area contributed by atoms with Crippen LogP contribution in [-0.2, 0) is 16.0 Å². The molecule has 0 fully saturated rings. The van der Waals surface area contributed by atoms with E-state index in [1.54, 1.807) is 6.92 Å². The second kappa shape index (κ2) is 8.00. The number of ether oxygens (including phenoxy) is 1. The van der Waals surface area contributed by atoms with Crippen LogP contribution < -0.4 is 5.32 Å². The van der Waals surface area contributed by atoms with Crippen molar-refractivity contribution >= 4 is 11.7 Å². The molecule has 0 aromatic heterocycles. The molecule has 2 aromatic carbocycles. The van der Waals surface area contributed by atoms with Gasteiger partial charge in [0.25, 0.3) is 0 Å². The topological polar surface area (TPSA) is 62.1 Å². The van der Waals surface area contributed by atoms with Crippen LogP contribution >= 0.6 is 0 Å². The number of rotatable bonds is 7. The van der Waals surface area contributed by atoms with Gasteiger partial charge >= 0.3 is 5.97 Å². The number of para-hydroxylation sites is 1. The largest absolute Gasteiger partial charge is 0.463 e. The highest BCUT2D eigenvalue weighted by Crippen LogP contribution is 2.22. The predicted octanol–water partition coefficient (Wildman–Crippen LogP) is 3.56. The highest BCUT2D eigenvalue weighted by atomic mass is 16.5. The van der Waals surface area contributed by atoms with Crippen LogP contribution in [0.25, 0.3) is 0 Å². The third kappa shape index (κ3) is 4.33. The van der Waals surface area contributed by atoms with Crippen molar-refractivity contribution in [2.45, 2.75) is 25.3 Å². The van der Waals surface area contributed by atoms with Crippen molar-refractivity contribution in [3.05, 3.63) is 66.2 Å². The highest BCUT2D eigenvalue weighted by molar-refractivity contribution is 5.88. The molecule has 1 atom stereocenters. The number of hydrogen-bond acceptors (Lipinski definition) is 4. The molecule has 4 nitrogen and oxygen atoms in total. The average Bonchev–Trinajstić information content (AvgIpc) is 2.60. The summed E-state index contributed by atoms with van der Waals surface area (Å²) in [5, 5.41) is 12.8. The van der Waals surface area contributed by atoms with Gasteiger partial charge in [0.1, 0.15) is 6.07 Å². The summed E-state index contributed by atoms with van der Waals surface area (Å²) in [6.45, 7) is 1.98. The lowest BCUT2D eigenvalue weighted by Crippen LogP contribution is -2.46. The van der Waals surface area contributed by atoms with Gasteiger partial charge in [-0.1, -0.05) is 48.5 Å². The van der Waals surface area contributed by atoms with Gasteiger partial charge in [-0.2, -0.15) is 5.26 Å². The third-order valence-corrected chi connectivity index (χ3v) is 3.58. The SMILES string of the molecule is CCOC(=O)C(C#N)(CCc1ccccc1)Nc1ccccc1. The standard InChI is InChI=1S/C19H20N2O2/c1-2-23-18(22)19(15-20,21-17-11-7-4-8-12-17)14-13-16-9-5-3-6-10-16/h3-12,21H,2,13-14H2,1H3. The van der Waals surface area contributed by atoms with Crippen molar-refractivity contribution < 1.29 is 9.53 Å². The number of anilines is 1. The summed E-state index contributed by atoms with van der Waals surface area (Å²) < 4.78 is 5.13. The lowest BCUT2D eigenvalue weighted by atomic mass is 9.92. The van der Waals surface area contributed by atoms with Crippen LogP contribution in [0.15, 0.2) is 60.7 Å². The van der Waals surface area contributed by atoms with E-state index in [-0.39, 0.29) is 6.61 Å². The molecule has 0 aliphatic carbocycles. The molecule has 23 heavy (non-hydrogen) atoms. The zero-order valence-corrected chi connectivity index (χ0v) is 13.2. The molecule has 0 radical (unpaired) electrons. The maximum absolute atomic E-state index is 12.4. The minimum atomic E-state index is -1.40. The monoisotopic (exact) mass is 308 g/mol. The van der Waals surface area contributed by atoms with E-state index in [0.29, 0.717) is 12.8 Å². The Hall–Kier alpha value is -2.80. The van der Waals surface area contributed by atoms with Crippen molar-refractivity contribution in [2.75, 3.05) is 11.9 Å². The summed E-state index contributed by atoms with van der Waals surface area (Å²) in [5.74, 6) is -0.540. The normalized spacial score (nSPS) is 12.7. The van der Waals surface area contributed by atoms with E-state index >= 15 is 0 Å². The molecule has 0 heterocycles. The highest BCUT2D eigenvalue weighted by Gasteiger charge is 2.40. The minimum Gasteiger partial charge on any atom is -0.463 e. The number of nitrogens with zero attached hydrogens (tertiary/aromatic N) is 1. The second-order valence-electron chi connectivity index (χ2n) is 5.21. The lowest BCUT2D eigenvalue weighted by Gasteiger charge is -2.26. The average molecular weight is 308 g/mol. The van der Waals surface area contributed by atoms with Gasteiger partial charge in [0, 0.05) is 5.69 Å². The molecule has 2 rings (SSSR count). The minimum absolute atomic E-state index is 0.240. The zero-order chi connectivity index (χ0) is 16.5. The number of hydrogen-bond donors (Lipinski definition) is 1. The van der Waals surface area contributed by atoms with Crippen LogP contribution in [-0.4, -0.2) is 18.1 Å².